The first-order valence-electron chi connectivity index (χ1n) is 0.535. The van der Waals surface area contributed by atoms with Gasteiger partial charge in [0, 0.05) is 0 Å². The molecule has 0 bridgehead atoms. The van der Waals surface area contributed by atoms with Gasteiger partial charge in [-0.25, -0.2) is 0 Å². The maximum absolute atomic E-state index is 2.28. The first kappa shape index (κ1) is 23.0. The van der Waals surface area contributed by atoms with Crippen molar-refractivity contribution in [2.45, 2.75) is 0 Å². The van der Waals surface area contributed by atoms with Crippen LogP contribution in [0, 0.1) is 0 Å². The van der Waals surface area contributed by atoms with E-state index in [1.165, 1.54) is 16.9 Å². The minimum Gasteiger partial charge on any atom is -0.813 e. The third-order valence-electron chi connectivity index (χ3n) is 0. The second-order valence-corrected chi connectivity index (χ2v) is 18.7. The molecular weight excluding hydrogens is 683 g/mol. The average molecular weight is 685 g/mol. The van der Waals surface area contributed by atoms with Gasteiger partial charge in [-0.3, -0.25) is 0 Å². The molecule has 0 aromatic carbocycles. The Kier molecular flexibility index (Phi) is 85.7. The predicted molar refractivity (Wildman–Crippen MR) is 73.6 cm³/mol. The van der Waals surface area contributed by atoms with Gasteiger partial charge in [-0.15, -0.1) is 0 Å². The van der Waals surface area contributed by atoms with E-state index >= 15 is 0 Å². The van der Waals surface area contributed by atoms with Gasteiger partial charge in [-0.1, -0.05) is 0 Å². The van der Waals surface area contributed by atoms with Gasteiger partial charge in [0.25, 0.3) is 0 Å². The van der Waals surface area contributed by atoms with Crippen LogP contribution in [0.1, 0.15) is 0 Å². The summed E-state index contributed by atoms with van der Waals surface area (Å²) in [5.74, 6) is 0. The Balaban J connectivity index is -0.0000000160. The molecule has 0 N–H and O–H groups in total. The third kappa shape index (κ3) is 45.8. The summed E-state index contributed by atoms with van der Waals surface area (Å²) in [5.41, 5.74) is 0. The van der Waals surface area contributed by atoms with Crippen molar-refractivity contribution in [3.8, 4) is 0 Å². The van der Waals surface area contributed by atoms with E-state index in [9.17, 15) is 0 Å². The fourth-order valence-corrected chi connectivity index (χ4v) is 0. The van der Waals surface area contributed by atoms with E-state index in [-0.39, 0.29) is 27.0 Å². The van der Waals surface area contributed by atoms with Crippen LogP contribution >= 0.6 is 81.4 Å². The van der Waals surface area contributed by atoms with Gasteiger partial charge in [0.2, 0.25) is 0 Å². The fourth-order valence-electron chi connectivity index (χ4n) is 0. The van der Waals surface area contributed by atoms with Crippen molar-refractivity contribution in [1.82, 2.24) is 0 Å². The smallest absolute Gasteiger partial charge is 0.813 e. The fraction of sp³-hybridized carbons (Fsp3) is 0. The molecule has 0 nitrogen and oxygen atoms in total. The van der Waals surface area contributed by atoms with Gasteiger partial charge in [-0.2, -0.15) is 0 Å². The van der Waals surface area contributed by atoms with E-state index in [4.69, 9.17) is 0 Å². The molecule has 0 aromatic heterocycles. The van der Waals surface area contributed by atoms with Crippen LogP contribution in [0.3, 0.4) is 0 Å². The number of rotatable bonds is 0. The Morgan fingerprint density at radius 1 is 0.625 bits per heavy atom. The SMILES string of the molecule is [I][Fe][I].[I][Fe][I].[SH-].[SH-]. The topological polar surface area (TPSA) is 0 Å². The first-order chi connectivity index (χ1) is 2.83. The summed E-state index contributed by atoms with van der Waals surface area (Å²) >= 11 is 9.10. The Bertz CT molecular complexity index is 14.0. The summed E-state index contributed by atoms with van der Waals surface area (Å²) in [6.07, 6.45) is 0. The summed E-state index contributed by atoms with van der Waals surface area (Å²) < 4.78 is 0. The van der Waals surface area contributed by atoms with Crippen LogP contribution in [0.5, 0.6) is 0 Å². The third-order valence-corrected chi connectivity index (χ3v) is 0. The van der Waals surface area contributed by atoms with E-state index in [0.717, 1.165) is 0 Å². The quantitative estimate of drug-likeness (QED) is 0.167. The van der Waals surface area contributed by atoms with Gasteiger partial charge in [0.15, 0.2) is 0 Å². The molecule has 0 aliphatic heterocycles. The maximum atomic E-state index is 2.28. The molecule has 0 aliphatic rings. The maximum Gasteiger partial charge on any atom is -0.813 e. The van der Waals surface area contributed by atoms with Crippen LogP contribution in [0.25, 0.3) is 0 Å². The summed E-state index contributed by atoms with van der Waals surface area (Å²) in [6, 6.07) is 0. The molecule has 0 unspecified atom stereocenters. The molecule has 0 atom stereocenters. The van der Waals surface area contributed by atoms with Gasteiger partial charge < -0.3 is 27.0 Å². The molecule has 0 fully saturated rings. The molecule has 0 spiro atoms. The van der Waals surface area contributed by atoms with Crippen molar-refractivity contribution in [1.29, 1.82) is 0 Å². The van der Waals surface area contributed by atoms with Crippen molar-refractivity contribution in [2.75, 3.05) is 0 Å². The number of hydrogen-bond acceptors (Lipinski definition) is 2. The van der Waals surface area contributed by atoms with Crippen LogP contribution < -0.4 is 0 Å². The molecular formula is H2Fe2I4S2-2. The van der Waals surface area contributed by atoms with Gasteiger partial charge in [0.05, 0.1) is 0 Å². The zero-order valence-electron chi connectivity index (χ0n) is 3.11. The van der Waals surface area contributed by atoms with Crippen LogP contribution in [0.15, 0.2) is 0 Å². The van der Waals surface area contributed by atoms with Crippen molar-refractivity contribution < 1.29 is 16.9 Å². The Morgan fingerprint density at radius 3 is 0.625 bits per heavy atom. The van der Waals surface area contributed by atoms with Crippen LogP contribution in [0.4, 0.5) is 0 Å². The first-order valence-corrected chi connectivity index (χ1v) is 14.8. The van der Waals surface area contributed by atoms with Crippen LogP contribution in [0.2, 0.25) is 0 Å². The number of thiol groups is 2. The number of halogens is 4. The second-order valence-electron chi connectivity index (χ2n) is 0.101. The largest absolute Gasteiger partial charge is 0.813 e. The second kappa shape index (κ2) is 29.9. The van der Waals surface area contributed by atoms with Gasteiger partial charge in [0.1, 0.15) is 0 Å². The molecule has 0 rings (SSSR count). The van der Waals surface area contributed by atoms with Crippen LogP contribution in [-0.2, 0) is 43.9 Å². The minimum absolute atomic E-state index is 0. The van der Waals surface area contributed by atoms with Crippen molar-refractivity contribution in [3.63, 3.8) is 0 Å². The summed E-state index contributed by atoms with van der Waals surface area (Å²) in [6.45, 7) is 0. The molecule has 60 valence electrons. The Labute approximate surface area is 122 Å². The summed E-state index contributed by atoms with van der Waals surface area (Å²) in [4.78, 5) is 0. The molecule has 0 amide bonds. The Hall–Kier alpha value is 4.66. The predicted octanol–water partition coefficient (Wildman–Crippen LogP) is 3.00. The van der Waals surface area contributed by atoms with Gasteiger partial charge in [-0.05, 0) is 0 Å². The average Bonchev–Trinajstić information content (AvgIpc) is 1.39. The minimum atomic E-state index is 0. The summed E-state index contributed by atoms with van der Waals surface area (Å²) in [7, 11) is 2.38. The summed E-state index contributed by atoms with van der Waals surface area (Å²) in [5, 5.41) is 0. The molecule has 0 aliphatic carbocycles. The van der Waals surface area contributed by atoms with Crippen molar-refractivity contribution in [3.05, 3.63) is 0 Å². The molecule has 0 saturated carbocycles. The number of hydrogen-bond donors (Lipinski definition) is 0. The molecule has 8 heavy (non-hydrogen) atoms. The van der Waals surface area contributed by atoms with E-state index < -0.39 is 0 Å². The van der Waals surface area contributed by atoms with Crippen molar-refractivity contribution in [2.24, 2.45) is 0 Å². The van der Waals surface area contributed by atoms with E-state index in [2.05, 4.69) is 81.4 Å². The standard InChI is InChI=1S/2Fe.4HI.2H2S/h;;4*1H;2*1H2/q2*+2;;;;;;/p-6. The molecule has 0 saturated heterocycles. The van der Waals surface area contributed by atoms with E-state index in [0.29, 0.717) is 0 Å². The monoisotopic (exact) mass is 685 g/mol. The Morgan fingerprint density at radius 2 is 0.625 bits per heavy atom. The van der Waals surface area contributed by atoms with E-state index in [1.807, 2.05) is 0 Å². The normalized spacial score (nSPS) is 5.50. The van der Waals surface area contributed by atoms with Crippen LogP contribution in [-0.4, -0.2) is 0 Å². The van der Waals surface area contributed by atoms with Crippen molar-refractivity contribution >= 4 is 108 Å². The zero-order chi connectivity index (χ0) is 5.41. The molecule has 0 aromatic rings. The van der Waals surface area contributed by atoms with E-state index in [1.54, 1.807) is 0 Å². The molecule has 8 heteroatoms. The zero-order valence-corrected chi connectivity index (χ0v) is 15.7. The van der Waals surface area contributed by atoms with Gasteiger partial charge >= 0.3 is 98.3 Å². The molecule has 0 heterocycles. The molecule has 0 radical (unpaired) electrons.